The van der Waals surface area contributed by atoms with E-state index in [2.05, 4.69) is 6.07 Å². The van der Waals surface area contributed by atoms with Crippen LogP contribution < -0.4 is 0 Å². The zero-order chi connectivity index (χ0) is 21.6. The predicted molar refractivity (Wildman–Crippen MR) is 116 cm³/mol. The van der Waals surface area contributed by atoms with Crippen molar-refractivity contribution in [2.75, 3.05) is 13.1 Å². The second-order valence-electron chi connectivity index (χ2n) is 8.03. The number of aromatic nitrogens is 1. The van der Waals surface area contributed by atoms with Gasteiger partial charge in [0.1, 0.15) is 5.60 Å². The van der Waals surface area contributed by atoms with Crippen molar-refractivity contribution in [2.24, 2.45) is 0 Å². The van der Waals surface area contributed by atoms with Crippen molar-refractivity contribution in [2.45, 2.75) is 31.4 Å². The van der Waals surface area contributed by atoms with Gasteiger partial charge in [0.2, 0.25) is 0 Å². The predicted octanol–water partition coefficient (Wildman–Crippen LogP) is 4.51. The van der Waals surface area contributed by atoms with Gasteiger partial charge in [-0.3, -0.25) is 4.79 Å². The maximum Gasteiger partial charge on any atom is 0.339 e. The van der Waals surface area contributed by atoms with Crippen LogP contribution >= 0.6 is 11.6 Å². The number of fused-ring (bicyclic) bond motifs is 3. The first-order valence-corrected chi connectivity index (χ1v) is 10.7. The number of benzene rings is 2. The maximum atomic E-state index is 13.4. The van der Waals surface area contributed by atoms with E-state index in [9.17, 15) is 9.59 Å². The number of hydrogen-bond acceptors (Lipinski definition) is 4. The quantitative estimate of drug-likeness (QED) is 0.569. The van der Waals surface area contributed by atoms with Crippen LogP contribution in [-0.2, 0) is 16.9 Å². The van der Waals surface area contributed by atoms with Crippen LogP contribution in [0.15, 0.2) is 48.7 Å². The minimum atomic E-state index is -0.640. The summed E-state index contributed by atoms with van der Waals surface area (Å²) in [7, 11) is 0. The summed E-state index contributed by atoms with van der Waals surface area (Å²) in [4.78, 5) is 27.5. The first kappa shape index (κ1) is 19.7. The lowest BCUT2D eigenvalue weighted by atomic mass is 9.83. The van der Waals surface area contributed by atoms with Gasteiger partial charge in [-0.1, -0.05) is 35.9 Å². The van der Waals surface area contributed by atoms with Gasteiger partial charge in [-0.2, -0.15) is 5.26 Å². The molecule has 1 amide bonds. The van der Waals surface area contributed by atoms with Gasteiger partial charge in [0.15, 0.2) is 0 Å². The first-order chi connectivity index (χ1) is 15.0. The normalized spacial score (nSPS) is 16.9. The van der Waals surface area contributed by atoms with E-state index >= 15 is 0 Å². The summed E-state index contributed by atoms with van der Waals surface area (Å²) in [5.41, 5.74) is 2.36. The smallest absolute Gasteiger partial charge is 0.339 e. The Balaban J connectivity index is 1.41. The lowest BCUT2D eigenvalue weighted by Crippen LogP contribution is -2.45. The summed E-state index contributed by atoms with van der Waals surface area (Å²) in [5.74, 6) is -0.344. The highest BCUT2D eigenvalue weighted by atomic mass is 35.5. The highest BCUT2D eigenvalue weighted by Crippen LogP contribution is 2.44. The molecular formula is C24H20ClN3O3. The average molecular weight is 434 g/mol. The third kappa shape index (κ3) is 3.17. The summed E-state index contributed by atoms with van der Waals surface area (Å²) in [6.07, 6.45) is 3.30. The number of rotatable bonds is 3. The lowest BCUT2D eigenvalue weighted by molar-refractivity contribution is -0.0389. The minimum Gasteiger partial charge on any atom is -0.450 e. The molecule has 7 heteroatoms. The van der Waals surface area contributed by atoms with Crippen LogP contribution in [-0.4, -0.2) is 34.4 Å². The molecule has 1 aromatic heterocycles. The summed E-state index contributed by atoms with van der Waals surface area (Å²) < 4.78 is 7.71. The molecular weight excluding hydrogens is 414 g/mol. The third-order valence-electron chi connectivity index (χ3n) is 6.32. The van der Waals surface area contributed by atoms with Crippen LogP contribution in [0.2, 0.25) is 5.02 Å². The topological polar surface area (TPSA) is 75.3 Å². The standard InChI is InChI=1S/C24H20ClN3O3/c25-16-6-7-17-19(15-28(11-3-10-26)21(17)14-16)22(29)27-12-8-24(9-13-27)20-5-2-1-4-18(20)23(30)31-24/h1-2,4-7,14-15H,3,8-9,11-13H2. The van der Waals surface area contributed by atoms with Crippen LogP contribution in [0, 0.1) is 11.3 Å². The summed E-state index contributed by atoms with van der Waals surface area (Å²) in [6, 6.07) is 15.1. The molecule has 0 aliphatic carbocycles. The zero-order valence-electron chi connectivity index (χ0n) is 16.8. The van der Waals surface area contributed by atoms with Crippen molar-refractivity contribution < 1.29 is 14.3 Å². The van der Waals surface area contributed by atoms with Crippen LogP contribution in [0.1, 0.15) is 45.5 Å². The number of likely N-dealkylation sites (tertiary alicyclic amines) is 1. The van der Waals surface area contributed by atoms with E-state index < -0.39 is 5.60 Å². The van der Waals surface area contributed by atoms with E-state index in [1.54, 1.807) is 12.1 Å². The van der Waals surface area contributed by atoms with Gasteiger partial charge in [-0.25, -0.2) is 4.79 Å². The fraction of sp³-hybridized carbons (Fsp3) is 0.292. The Bertz CT molecular complexity index is 1250. The molecule has 5 rings (SSSR count). The van der Waals surface area contributed by atoms with Gasteiger partial charge < -0.3 is 14.2 Å². The van der Waals surface area contributed by atoms with E-state index in [4.69, 9.17) is 21.6 Å². The Morgan fingerprint density at radius 3 is 2.74 bits per heavy atom. The molecule has 2 aromatic carbocycles. The molecule has 1 saturated heterocycles. The second-order valence-corrected chi connectivity index (χ2v) is 8.46. The number of halogens is 1. The molecule has 1 spiro atoms. The molecule has 1 fully saturated rings. The summed E-state index contributed by atoms with van der Waals surface area (Å²) in [6.45, 7) is 1.49. The Labute approximate surface area is 184 Å². The molecule has 0 unspecified atom stereocenters. The number of nitrogens with zero attached hydrogens (tertiary/aromatic N) is 3. The number of carbonyl (C=O) groups excluding carboxylic acids is 2. The van der Waals surface area contributed by atoms with Crippen LogP contribution in [0.5, 0.6) is 0 Å². The van der Waals surface area contributed by atoms with Crippen molar-refractivity contribution in [1.82, 2.24) is 9.47 Å². The van der Waals surface area contributed by atoms with Crippen molar-refractivity contribution >= 4 is 34.4 Å². The van der Waals surface area contributed by atoms with Gasteiger partial charge in [0, 0.05) is 54.6 Å². The number of aryl methyl sites for hydroxylation is 1. The second kappa shape index (κ2) is 7.44. The maximum absolute atomic E-state index is 13.4. The van der Waals surface area contributed by atoms with Crippen molar-refractivity contribution in [3.8, 4) is 6.07 Å². The van der Waals surface area contributed by atoms with E-state index in [-0.39, 0.29) is 11.9 Å². The summed E-state index contributed by atoms with van der Waals surface area (Å²) in [5, 5.41) is 10.4. The van der Waals surface area contributed by atoms with Crippen molar-refractivity contribution in [1.29, 1.82) is 5.26 Å². The van der Waals surface area contributed by atoms with Crippen LogP contribution in [0.4, 0.5) is 0 Å². The Morgan fingerprint density at radius 1 is 1.19 bits per heavy atom. The Kier molecular flexibility index (Phi) is 4.71. The number of esters is 1. The number of piperidine rings is 1. The van der Waals surface area contributed by atoms with E-state index in [0.717, 1.165) is 16.5 Å². The highest BCUT2D eigenvalue weighted by molar-refractivity contribution is 6.31. The summed E-state index contributed by atoms with van der Waals surface area (Å²) >= 11 is 6.17. The number of nitriles is 1. The van der Waals surface area contributed by atoms with Gasteiger partial charge in [-0.15, -0.1) is 0 Å². The molecule has 3 aromatic rings. The van der Waals surface area contributed by atoms with Gasteiger partial charge in [0.05, 0.1) is 29.1 Å². The molecule has 2 aliphatic rings. The molecule has 0 bridgehead atoms. The average Bonchev–Trinajstić information content (AvgIpc) is 3.28. The van der Waals surface area contributed by atoms with Crippen molar-refractivity contribution in [3.63, 3.8) is 0 Å². The Morgan fingerprint density at radius 2 is 1.97 bits per heavy atom. The van der Waals surface area contributed by atoms with E-state index in [1.807, 2.05) is 46.0 Å². The third-order valence-corrected chi connectivity index (χ3v) is 6.56. The highest BCUT2D eigenvalue weighted by Gasteiger charge is 2.47. The fourth-order valence-electron chi connectivity index (χ4n) is 4.75. The van der Waals surface area contributed by atoms with Gasteiger partial charge in [-0.05, 0) is 18.2 Å². The van der Waals surface area contributed by atoms with Gasteiger partial charge >= 0.3 is 5.97 Å². The lowest BCUT2D eigenvalue weighted by Gasteiger charge is -2.38. The fourth-order valence-corrected chi connectivity index (χ4v) is 4.92. The monoisotopic (exact) mass is 433 g/mol. The largest absolute Gasteiger partial charge is 0.450 e. The zero-order valence-corrected chi connectivity index (χ0v) is 17.6. The number of carbonyl (C=O) groups is 2. The minimum absolute atomic E-state index is 0.0597. The molecule has 31 heavy (non-hydrogen) atoms. The molecule has 0 N–H and O–H groups in total. The first-order valence-electron chi connectivity index (χ1n) is 10.3. The molecule has 0 radical (unpaired) electrons. The molecule has 0 saturated carbocycles. The SMILES string of the molecule is N#CCCn1cc(C(=O)N2CCC3(CC2)OC(=O)c2ccccc23)c2ccc(Cl)cc21. The molecule has 156 valence electrons. The van der Waals surface area contributed by atoms with E-state index in [1.165, 1.54) is 0 Å². The van der Waals surface area contributed by atoms with Crippen LogP contribution in [0.25, 0.3) is 10.9 Å². The molecule has 6 nitrogen and oxygen atoms in total. The van der Waals surface area contributed by atoms with E-state index in [0.29, 0.717) is 55.0 Å². The number of amides is 1. The van der Waals surface area contributed by atoms with Crippen molar-refractivity contribution in [3.05, 3.63) is 70.4 Å². The van der Waals surface area contributed by atoms with Gasteiger partial charge in [0.25, 0.3) is 5.91 Å². The molecule has 3 heterocycles. The molecule has 2 aliphatic heterocycles. The van der Waals surface area contributed by atoms with Crippen LogP contribution in [0.3, 0.4) is 0 Å². The molecule has 0 atom stereocenters. The number of hydrogen-bond donors (Lipinski definition) is 0. The Hall–Kier alpha value is -3.30. The number of ether oxygens (including phenoxy) is 1.